The van der Waals surface area contributed by atoms with Gasteiger partial charge in [0.2, 0.25) is 0 Å². The standard InChI is InChI=1S/C20H29NO5/c1-6-13(3)26-17-11-10-15(12-16(17)18(22)25-7-2)21-19(23)20(4,24-5)14-8-9-14/h10-14H,6-9H2,1-5H3,(H,21,23)/t13-,20+/m0/s1. The predicted molar refractivity (Wildman–Crippen MR) is 99.5 cm³/mol. The molecule has 2 rings (SSSR count). The van der Waals surface area contributed by atoms with E-state index in [4.69, 9.17) is 14.2 Å². The topological polar surface area (TPSA) is 73.9 Å². The van der Waals surface area contributed by atoms with Crippen LogP contribution in [0.1, 0.15) is 57.3 Å². The van der Waals surface area contributed by atoms with Crippen molar-refractivity contribution < 1.29 is 23.8 Å². The Kier molecular flexibility index (Phi) is 6.64. The van der Waals surface area contributed by atoms with Crippen molar-refractivity contribution in [3.05, 3.63) is 23.8 Å². The summed E-state index contributed by atoms with van der Waals surface area (Å²) in [5.74, 6) is -0.0102. The first-order chi connectivity index (χ1) is 12.3. The highest BCUT2D eigenvalue weighted by Crippen LogP contribution is 2.42. The van der Waals surface area contributed by atoms with Gasteiger partial charge in [0.25, 0.3) is 5.91 Å². The van der Waals surface area contributed by atoms with Crippen molar-refractivity contribution in [3.63, 3.8) is 0 Å². The number of anilines is 1. The maximum absolute atomic E-state index is 12.7. The normalized spacial score (nSPS) is 17.1. The fourth-order valence-corrected chi connectivity index (χ4v) is 2.71. The lowest BCUT2D eigenvalue weighted by atomic mass is 9.99. The van der Waals surface area contributed by atoms with Crippen molar-refractivity contribution >= 4 is 17.6 Å². The van der Waals surface area contributed by atoms with E-state index in [1.807, 2.05) is 13.8 Å². The number of amides is 1. The molecule has 26 heavy (non-hydrogen) atoms. The minimum atomic E-state index is -0.865. The highest BCUT2D eigenvalue weighted by atomic mass is 16.5. The number of rotatable bonds is 9. The van der Waals surface area contributed by atoms with Gasteiger partial charge in [-0.05, 0) is 64.2 Å². The van der Waals surface area contributed by atoms with Gasteiger partial charge in [-0.15, -0.1) is 0 Å². The van der Waals surface area contributed by atoms with Crippen LogP contribution in [0.15, 0.2) is 18.2 Å². The smallest absolute Gasteiger partial charge is 0.341 e. The summed E-state index contributed by atoms with van der Waals surface area (Å²) in [6, 6.07) is 5.01. The van der Waals surface area contributed by atoms with Crippen LogP contribution in [0.5, 0.6) is 5.75 Å². The molecule has 0 aromatic heterocycles. The van der Waals surface area contributed by atoms with E-state index in [0.717, 1.165) is 19.3 Å². The van der Waals surface area contributed by atoms with Crippen molar-refractivity contribution in [3.8, 4) is 5.75 Å². The number of hydrogen-bond acceptors (Lipinski definition) is 5. The lowest BCUT2D eigenvalue weighted by molar-refractivity contribution is -0.138. The average Bonchev–Trinajstić information content (AvgIpc) is 3.47. The van der Waals surface area contributed by atoms with E-state index in [-0.39, 0.29) is 24.5 Å². The number of ether oxygens (including phenoxy) is 3. The Hall–Kier alpha value is -2.08. The van der Waals surface area contributed by atoms with Gasteiger partial charge in [-0.25, -0.2) is 4.79 Å². The minimum Gasteiger partial charge on any atom is -0.490 e. The zero-order valence-electron chi connectivity index (χ0n) is 16.3. The van der Waals surface area contributed by atoms with E-state index in [1.54, 1.807) is 39.2 Å². The Labute approximate surface area is 155 Å². The van der Waals surface area contributed by atoms with Crippen molar-refractivity contribution in [2.24, 2.45) is 5.92 Å². The molecule has 144 valence electrons. The van der Waals surface area contributed by atoms with Crippen LogP contribution in [-0.4, -0.2) is 37.3 Å². The SMILES string of the molecule is CCOC(=O)c1cc(NC(=O)[C@](C)(OC)C2CC2)ccc1O[C@@H](C)CC. The van der Waals surface area contributed by atoms with Crippen LogP contribution >= 0.6 is 0 Å². The number of benzene rings is 1. The lowest BCUT2D eigenvalue weighted by Crippen LogP contribution is -2.44. The molecule has 1 aliphatic rings. The molecule has 0 aliphatic heterocycles. The van der Waals surface area contributed by atoms with E-state index in [9.17, 15) is 9.59 Å². The van der Waals surface area contributed by atoms with Crippen LogP contribution in [0.2, 0.25) is 0 Å². The third-order valence-corrected chi connectivity index (χ3v) is 4.87. The van der Waals surface area contributed by atoms with Crippen LogP contribution in [0.3, 0.4) is 0 Å². The summed E-state index contributed by atoms with van der Waals surface area (Å²) in [5.41, 5.74) is -0.0512. The van der Waals surface area contributed by atoms with Gasteiger partial charge in [0.15, 0.2) is 0 Å². The largest absolute Gasteiger partial charge is 0.490 e. The fraction of sp³-hybridized carbons (Fsp3) is 0.600. The highest BCUT2D eigenvalue weighted by molar-refractivity contribution is 6.00. The summed E-state index contributed by atoms with van der Waals surface area (Å²) in [5, 5.41) is 2.86. The van der Waals surface area contributed by atoms with E-state index >= 15 is 0 Å². The van der Waals surface area contributed by atoms with Crippen LogP contribution in [0, 0.1) is 5.92 Å². The van der Waals surface area contributed by atoms with Crippen LogP contribution in [-0.2, 0) is 14.3 Å². The van der Waals surface area contributed by atoms with Gasteiger partial charge < -0.3 is 19.5 Å². The maximum Gasteiger partial charge on any atom is 0.341 e. The molecular weight excluding hydrogens is 334 g/mol. The molecule has 6 nitrogen and oxygen atoms in total. The van der Waals surface area contributed by atoms with Crippen molar-refractivity contribution in [2.75, 3.05) is 19.0 Å². The number of methoxy groups -OCH3 is 1. The number of hydrogen-bond donors (Lipinski definition) is 1. The molecule has 1 fully saturated rings. The summed E-state index contributed by atoms with van der Waals surface area (Å²) in [6.45, 7) is 7.75. The number of nitrogens with one attached hydrogen (secondary N) is 1. The van der Waals surface area contributed by atoms with Crippen molar-refractivity contribution in [2.45, 2.75) is 58.7 Å². The van der Waals surface area contributed by atoms with Gasteiger partial charge >= 0.3 is 5.97 Å². The molecule has 1 aromatic carbocycles. The second-order valence-corrected chi connectivity index (χ2v) is 6.81. The molecule has 2 atom stereocenters. The Balaban J connectivity index is 2.25. The van der Waals surface area contributed by atoms with Crippen molar-refractivity contribution in [1.29, 1.82) is 0 Å². The predicted octanol–water partition coefficient (Wildman–Crippen LogP) is 3.79. The first-order valence-electron chi connectivity index (χ1n) is 9.20. The molecule has 0 saturated heterocycles. The first-order valence-corrected chi connectivity index (χ1v) is 9.20. The molecule has 6 heteroatoms. The third kappa shape index (κ3) is 4.55. The van der Waals surface area contributed by atoms with Crippen LogP contribution in [0.25, 0.3) is 0 Å². The lowest BCUT2D eigenvalue weighted by Gasteiger charge is -2.27. The van der Waals surface area contributed by atoms with E-state index in [2.05, 4.69) is 5.32 Å². The second-order valence-electron chi connectivity index (χ2n) is 6.81. The van der Waals surface area contributed by atoms with E-state index in [0.29, 0.717) is 17.0 Å². The Morgan fingerprint density at radius 3 is 2.54 bits per heavy atom. The molecule has 0 radical (unpaired) electrons. The monoisotopic (exact) mass is 363 g/mol. The molecule has 0 spiro atoms. The van der Waals surface area contributed by atoms with Crippen LogP contribution in [0.4, 0.5) is 5.69 Å². The zero-order valence-corrected chi connectivity index (χ0v) is 16.3. The molecule has 0 bridgehead atoms. The van der Waals surface area contributed by atoms with Gasteiger partial charge in [-0.3, -0.25) is 4.79 Å². The molecule has 0 heterocycles. The second kappa shape index (κ2) is 8.54. The number of carbonyl (C=O) groups is 2. The van der Waals surface area contributed by atoms with Gasteiger partial charge in [0.05, 0.1) is 12.7 Å². The summed E-state index contributed by atoms with van der Waals surface area (Å²) in [7, 11) is 1.55. The summed E-state index contributed by atoms with van der Waals surface area (Å²) >= 11 is 0. The van der Waals surface area contributed by atoms with Gasteiger partial charge in [0, 0.05) is 12.8 Å². The van der Waals surface area contributed by atoms with E-state index in [1.165, 1.54) is 0 Å². The molecule has 1 amide bonds. The zero-order chi connectivity index (χ0) is 19.3. The molecule has 0 unspecified atom stereocenters. The minimum absolute atomic E-state index is 0.0322. The molecule has 1 aromatic rings. The molecular formula is C20H29NO5. The van der Waals surface area contributed by atoms with Gasteiger partial charge in [-0.1, -0.05) is 6.92 Å². The molecule has 1 N–H and O–H groups in total. The van der Waals surface area contributed by atoms with Gasteiger partial charge in [-0.2, -0.15) is 0 Å². The van der Waals surface area contributed by atoms with Crippen LogP contribution < -0.4 is 10.1 Å². The summed E-state index contributed by atoms with van der Waals surface area (Å²) < 4.78 is 16.4. The maximum atomic E-state index is 12.7. The third-order valence-electron chi connectivity index (χ3n) is 4.87. The van der Waals surface area contributed by atoms with E-state index < -0.39 is 11.6 Å². The Morgan fingerprint density at radius 2 is 2.00 bits per heavy atom. The quantitative estimate of drug-likeness (QED) is 0.676. The first kappa shape index (κ1) is 20.2. The summed E-state index contributed by atoms with van der Waals surface area (Å²) in [6.07, 6.45) is 2.74. The van der Waals surface area contributed by atoms with Gasteiger partial charge in [0.1, 0.15) is 16.9 Å². The average molecular weight is 363 g/mol. The molecule has 1 saturated carbocycles. The Bertz CT molecular complexity index is 656. The number of carbonyl (C=O) groups excluding carboxylic acids is 2. The highest BCUT2D eigenvalue weighted by Gasteiger charge is 2.47. The Morgan fingerprint density at radius 1 is 1.31 bits per heavy atom. The van der Waals surface area contributed by atoms with Crippen molar-refractivity contribution in [1.82, 2.24) is 0 Å². The summed E-state index contributed by atoms with van der Waals surface area (Å²) in [4.78, 5) is 25.0. The molecule has 1 aliphatic carbocycles. The number of esters is 1. The fourth-order valence-electron chi connectivity index (χ4n) is 2.71.